The maximum atomic E-state index is 11.8. The number of ether oxygens (including phenoxy) is 1. The molecule has 0 atom stereocenters. The largest absolute Gasteiger partial charge is 0.459 e. The quantitative estimate of drug-likeness (QED) is 0.251. The second-order valence-corrected chi connectivity index (χ2v) is 6.27. The number of carbonyl (C=O) groups excluding carboxylic acids is 3. The number of carbonyl (C=O) groups is 3. The minimum atomic E-state index is -2.17. The smallest absolute Gasteiger partial charge is 0.350 e. The van der Waals surface area contributed by atoms with E-state index in [0.717, 1.165) is 0 Å². The Morgan fingerprint density at radius 2 is 1.82 bits per heavy atom. The van der Waals surface area contributed by atoms with E-state index in [1.165, 1.54) is 12.2 Å². The van der Waals surface area contributed by atoms with Gasteiger partial charge >= 0.3 is 5.97 Å². The zero-order chi connectivity index (χ0) is 16.2. The summed E-state index contributed by atoms with van der Waals surface area (Å²) < 4.78 is 2.66. The van der Waals surface area contributed by atoms with Crippen molar-refractivity contribution in [1.82, 2.24) is 0 Å². The van der Waals surface area contributed by atoms with Gasteiger partial charge in [-0.2, -0.15) is 0 Å². The van der Waals surface area contributed by atoms with Gasteiger partial charge in [-0.05, 0) is 25.0 Å². The molecule has 0 spiro atoms. The lowest BCUT2D eigenvalue weighted by atomic mass is 10.1. The predicted molar refractivity (Wildman–Crippen MR) is 83.0 cm³/mol. The first kappa shape index (κ1) is 16.7. The number of ketones is 2. The van der Waals surface area contributed by atoms with E-state index in [-0.39, 0.29) is 18.3 Å². The molecule has 2 rings (SSSR count). The first-order valence-corrected chi connectivity index (χ1v) is 7.54. The minimum Gasteiger partial charge on any atom is -0.459 e. The highest BCUT2D eigenvalue weighted by atomic mass is 35.5. The van der Waals surface area contributed by atoms with Crippen molar-refractivity contribution in [2.45, 2.75) is 17.2 Å². The standard InChI is InChI=1S/C16H14Cl2O4/c17-16(18,14(20)12-8-9-12)15(21)22-10-4-7-13(19)11-5-2-1-3-6-11/h1-7,12H,8-10H2. The average molecular weight is 341 g/mol. The van der Waals surface area contributed by atoms with E-state index in [2.05, 4.69) is 0 Å². The number of Topliss-reactive ketones (excluding diaryl/α,β-unsaturated/α-hetero) is 1. The molecule has 4 nitrogen and oxygen atoms in total. The summed E-state index contributed by atoms with van der Waals surface area (Å²) in [5, 5.41) is 0. The lowest BCUT2D eigenvalue weighted by Gasteiger charge is -2.15. The zero-order valence-electron chi connectivity index (χ0n) is 11.6. The van der Waals surface area contributed by atoms with Crippen molar-refractivity contribution in [3.05, 3.63) is 48.0 Å². The highest BCUT2D eigenvalue weighted by Crippen LogP contribution is 2.38. The summed E-state index contributed by atoms with van der Waals surface area (Å²) in [5.74, 6) is -2.00. The molecule has 6 heteroatoms. The Morgan fingerprint density at radius 1 is 1.18 bits per heavy atom. The number of esters is 1. The Balaban J connectivity index is 1.82. The fourth-order valence-electron chi connectivity index (χ4n) is 1.77. The van der Waals surface area contributed by atoms with E-state index >= 15 is 0 Å². The van der Waals surface area contributed by atoms with Crippen LogP contribution in [0.5, 0.6) is 0 Å². The van der Waals surface area contributed by atoms with E-state index in [4.69, 9.17) is 27.9 Å². The molecule has 0 radical (unpaired) electrons. The average Bonchev–Trinajstić information content (AvgIpc) is 3.35. The van der Waals surface area contributed by atoms with Gasteiger partial charge in [-0.3, -0.25) is 9.59 Å². The van der Waals surface area contributed by atoms with Crippen molar-refractivity contribution in [2.75, 3.05) is 6.61 Å². The van der Waals surface area contributed by atoms with Gasteiger partial charge in [0.25, 0.3) is 4.33 Å². The molecule has 0 unspecified atom stereocenters. The monoisotopic (exact) mass is 340 g/mol. The highest BCUT2D eigenvalue weighted by Gasteiger charge is 2.50. The topological polar surface area (TPSA) is 60.4 Å². The molecular formula is C16H14Cl2O4. The molecule has 0 heterocycles. The first-order valence-electron chi connectivity index (χ1n) is 6.78. The van der Waals surface area contributed by atoms with Crippen molar-refractivity contribution < 1.29 is 19.1 Å². The molecule has 1 aliphatic rings. The number of hydrogen-bond acceptors (Lipinski definition) is 4. The molecule has 0 saturated heterocycles. The van der Waals surface area contributed by atoms with Crippen LogP contribution < -0.4 is 0 Å². The van der Waals surface area contributed by atoms with E-state index in [1.54, 1.807) is 30.3 Å². The van der Waals surface area contributed by atoms with Crippen molar-refractivity contribution in [3.63, 3.8) is 0 Å². The van der Waals surface area contributed by atoms with Crippen LogP contribution in [0.3, 0.4) is 0 Å². The zero-order valence-corrected chi connectivity index (χ0v) is 13.1. The molecule has 1 aromatic carbocycles. The molecule has 0 aromatic heterocycles. The number of benzene rings is 1. The van der Waals surface area contributed by atoms with Crippen molar-refractivity contribution in [2.24, 2.45) is 5.92 Å². The Labute approximate surface area is 138 Å². The number of halogens is 2. The summed E-state index contributed by atoms with van der Waals surface area (Å²) in [6, 6.07) is 8.66. The summed E-state index contributed by atoms with van der Waals surface area (Å²) in [6.45, 7) is -0.184. The Hall–Kier alpha value is -1.65. The number of allylic oxidation sites excluding steroid dienone is 1. The molecule has 1 aromatic rings. The van der Waals surface area contributed by atoms with Crippen molar-refractivity contribution in [3.8, 4) is 0 Å². The van der Waals surface area contributed by atoms with E-state index in [9.17, 15) is 14.4 Å². The summed E-state index contributed by atoms with van der Waals surface area (Å²) in [4.78, 5) is 35.2. The third-order valence-electron chi connectivity index (χ3n) is 3.15. The van der Waals surface area contributed by atoms with Gasteiger partial charge in [0, 0.05) is 11.5 Å². The fourth-order valence-corrected chi connectivity index (χ4v) is 2.19. The Bertz CT molecular complexity index is 604. The van der Waals surface area contributed by atoms with Gasteiger partial charge in [-0.25, -0.2) is 4.79 Å². The maximum Gasteiger partial charge on any atom is 0.350 e. The molecule has 22 heavy (non-hydrogen) atoms. The molecule has 1 fully saturated rings. The van der Waals surface area contributed by atoms with Crippen LogP contribution >= 0.6 is 23.2 Å². The van der Waals surface area contributed by atoms with Gasteiger partial charge in [0.2, 0.25) is 0 Å². The van der Waals surface area contributed by atoms with Gasteiger partial charge < -0.3 is 4.74 Å². The van der Waals surface area contributed by atoms with Crippen LogP contribution in [-0.2, 0) is 14.3 Å². The minimum absolute atomic E-state index is 0.184. The van der Waals surface area contributed by atoms with Gasteiger partial charge in [0.15, 0.2) is 11.6 Å². The van der Waals surface area contributed by atoms with Gasteiger partial charge in [0.1, 0.15) is 6.61 Å². The summed E-state index contributed by atoms with van der Waals surface area (Å²) in [7, 11) is 0. The van der Waals surface area contributed by atoms with Gasteiger partial charge in [-0.15, -0.1) is 0 Å². The van der Waals surface area contributed by atoms with Crippen LogP contribution in [0.15, 0.2) is 42.5 Å². The van der Waals surface area contributed by atoms with E-state index in [0.29, 0.717) is 18.4 Å². The highest BCUT2D eigenvalue weighted by molar-refractivity contribution is 6.67. The first-order chi connectivity index (χ1) is 10.4. The number of alkyl halides is 2. The summed E-state index contributed by atoms with van der Waals surface area (Å²) in [6.07, 6.45) is 4.05. The van der Waals surface area contributed by atoms with Crippen LogP contribution in [0.4, 0.5) is 0 Å². The second kappa shape index (κ2) is 7.07. The van der Waals surface area contributed by atoms with Gasteiger partial charge in [0.05, 0.1) is 0 Å². The van der Waals surface area contributed by atoms with Crippen molar-refractivity contribution >= 4 is 40.7 Å². The normalized spacial score (nSPS) is 14.8. The second-order valence-electron chi connectivity index (χ2n) is 4.94. The molecule has 1 saturated carbocycles. The van der Waals surface area contributed by atoms with Gasteiger partial charge in [-0.1, -0.05) is 53.5 Å². The molecule has 0 N–H and O–H groups in total. The predicted octanol–water partition coefficient (Wildman–Crippen LogP) is 3.12. The van der Waals surface area contributed by atoms with E-state index < -0.39 is 16.1 Å². The molecule has 0 bridgehead atoms. The number of hydrogen-bond donors (Lipinski definition) is 0. The fraction of sp³-hybridized carbons (Fsp3) is 0.312. The maximum absolute atomic E-state index is 11.8. The number of rotatable bonds is 7. The summed E-state index contributed by atoms with van der Waals surface area (Å²) in [5.41, 5.74) is 0.526. The molecule has 0 aliphatic heterocycles. The Morgan fingerprint density at radius 3 is 2.41 bits per heavy atom. The molecular weight excluding hydrogens is 327 g/mol. The third kappa shape index (κ3) is 4.18. The molecule has 116 valence electrons. The third-order valence-corrected chi connectivity index (χ3v) is 3.83. The lowest BCUT2D eigenvalue weighted by molar-refractivity contribution is -0.146. The van der Waals surface area contributed by atoms with Crippen LogP contribution in [0.25, 0.3) is 0 Å². The van der Waals surface area contributed by atoms with E-state index in [1.807, 2.05) is 0 Å². The van der Waals surface area contributed by atoms with Crippen molar-refractivity contribution in [1.29, 1.82) is 0 Å². The van der Waals surface area contributed by atoms with Crippen LogP contribution in [0.2, 0.25) is 0 Å². The van der Waals surface area contributed by atoms with Crippen LogP contribution in [0.1, 0.15) is 23.2 Å². The summed E-state index contributed by atoms with van der Waals surface area (Å²) >= 11 is 11.5. The Kier molecular flexibility index (Phi) is 5.37. The molecule has 0 amide bonds. The molecule has 1 aliphatic carbocycles. The van der Waals surface area contributed by atoms with Crippen LogP contribution in [0, 0.1) is 5.92 Å². The SMILES string of the molecule is O=C(C=CCOC(=O)C(Cl)(Cl)C(=O)C1CC1)c1ccccc1. The lowest BCUT2D eigenvalue weighted by Crippen LogP contribution is -2.38. The van der Waals surface area contributed by atoms with Crippen LogP contribution in [-0.4, -0.2) is 28.5 Å².